The Morgan fingerprint density at radius 3 is 1.57 bits per heavy atom. The number of aliphatic hydroxyl groups excluding tert-OH is 2. The summed E-state index contributed by atoms with van der Waals surface area (Å²) in [4.78, 5) is 153. The van der Waals surface area contributed by atoms with Gasteiger partial charge in [-0.3, -0.25) is 52.7 Å². The molecule has 20 N–H and O–H groups in total. The average molecular weight is 1170 g/mol. The lowest BCUT2D eigenvalue weighted by atomic mass is 9.88. The van der Waals surface area contributed by atoms with E-state index >= 15 is 0 Å². The summed E-state index contributed by atoms with van der Waals surface area (Å²) in [6.07, 6.45) is -0.871. The van der Waals surface area contributed by atoms with E-state index in [9.17, 15) is 63.0 Å². The zero-order valence-electron chi connectivity index (χ0n) is 50.0. The third-order valence-electron chi connectivity index (χ3n) is 14.2. The smallest absolute Gasteiger partial charge is 0.245 e. The first-order valence-corrected chi connectivity index (χ1v) is 29.5. The number of rotatable bonds is 31. The molecule has 0 aromatic carbocycles. The minimum Gasteiger partial charge on any atom is -0.391 e. The predicted octanol–water partition coefficient (Wildman–Crippen LogP) is -2.17. The fourth-order valence-electron chi connectivity index (χ4n) is 9.66. The van der Waals surface area contributed by atoms with Crippen LogP contribution in [0, 0.1) is 35.5 Å². The van der Waals surface area contributed by atoms with Gasteiger partial charge in [-0.25, -0.2) is 0 Å². The van der Waals surface area contributed by atoms with Crippen LogP contribution in [-0.4, -0.2) is 169 Å². The van der Waals surface area contributed by atoms with Crippen molar-refractivity contribution in [1.29, 1.82) is 0 Å². The number of carbonyl (C=O) groups excluding carboxylic acids is 11. The molecule has 26 nitrogen and oxygen atoms in total. The van der Waals surface area contributed by atoms with Crippen molar-refractivity contribution in [3.63, 3.8) is 0 Å². The number of amides is 8. The Labute approximate surface area is 484 Å². The highest BCUT2D eigenvalue weighted by Crippen LogP contribution is 2.21. The standard InChI is InChI=1S/C56H103N13O13/c1-31(2)12-10-9-11-13-39(72)28-36(14-20-57)50(76)68-47(34(7)70)46(74)29-37(15-21-58)49(75)64-43-19-25-62-56(82)48(35(8)71)69-54(80)42(18-24-61)65-52(78)41(17-23-60)66-55(81)44(27-33(5)6)67-51(77)38(26-32(3)4)30-45(73)40(16-22-59)63-53(43)79/h31-38,40-44,47-48,70-71H,9-30,57-61H2,1-8H3,(H,62,82)(H,63,79)(H,64,75)(H,65,78)(H,66,81)(H,67,77)(H,68,76)(H,69,80)/t34-,35-,36-,37-,38+,40+,41+,42+,43+,44+,47+,48+/m1/s1. The molecular weight excluding hydrogens is 1060 g/mol. The Bertz CT molecular complexity index is 2060. The first kappa shape index (κ1) is 74.5. The van der Waals surface area contributed by atoms with Gasteiger partial charge in [0.2, 0.25) is 47.3 Å². The summed E-state index contributed by atoms with van der Waals surface area (Å²) >= 11 is 0. The van der Waals surface area contributed by atoms with Gasteiger partial charge in [-0.15, -0.1) is 0 Å². The Morgan fingerprint density at radius 1 is 0.549 bits per heavy atom. The summed E-state index contributed by atoms with van der Waals surface area (Å²) in [6, 6.07) is -10.0. The Hall–Kier alpha value is -5.51. The monoisotopic (exact) mass is 1170 g/mol. The maximum absolute atomic E-state index is 14.5. The number of ketones is 3. The van der Waals surface area contributed by atoms with Gasteiger partial charge in [-0.05, 0) is 122 Å². The van der Waals surface area contributed by atoms with E-state index in [0.717, 1.165) is 19.3 Å². The molecule has 8 amide bonds. The maximum Gasteiger partial charge on any atom is 0.245 e. The van der Waals surface area contributed by atoms with Crippen molar-refractivity contribution >= 4 is 64.6 Å². The molecule has 82 heavy (non-hydrogen) atoms. The van der Waals surface area contributed by atoms with Gasteiger partial charge in [0.1, 0.15) is 42.0 Å². The van der Waals surface area contributed by atoms with Crippen LogP contribution in [0.4, 0.5) is 0 Å². The topological polar surface area (TPSA) is 455 Å². The van der Waals surface area contributed by atoms with Gasteiger partial charge >= 0.3 is 0 Å². The molecule has 1 heterocycles. The highest BCUT2D eigenvalue weighted by atomic mass is 16.3. The van der Waals surface area contributed by atoms with Gasteiger partial charge in [0.25, 0.3) is 0 Å². The van der Waals surface area contributed by atoms with Crippen LogP contribution >= 0.6 is 0 Å². The van der Waals surface area contributed by atoms with Crippen LogP contribution in [0.2, 0.25) is 0 Å². The van der Waals surface area contributed by atoms with Crippen molar-refractivity contribution in [1.82, 2.24) is 42.5 Å². The molecule has 1 fully saturated rings. The minimum absolute atomic E-state index is 0.0617. The number of nitrogens with one attached hydrogen (secondary N) is 8. The van der Waals surface area contributed by atoms with E-state index < -0.39 is 157 Å². The number of aliphatic hydroxyl groups is 2. The van der Waals surface area contributed by atoms with Crippen LogP contribution in [0.1, 0.15) is 158 Å². The second kappa shape index (κ2) is 39.9. The SMILES string of the molecule is CC(C)CCCCCC(=O)C[C@@H](CCN)C(=O)N[C@H](C(=O)C[C@@H](CCN)C(=O)N[C@H]1CCNC(=O)[C@H]([C@@H](C)O)NC(=O)[C@H](CCN)NC(=O)[C@H](CCN)NC(=O)[C@H](CC(C)C)NC(=O)[C@@H](CC(C)C)CC(=O)[C@H](CCN)NC1=O)[C@@H](C)O. The molecule has 470 valence electrons. The number of hydrogen-bond acceptors (Lipinski definition) is 18. The maximum atomic E-state index is 14.5. The fourth-order valence-corrected chi connectivity index (χ4v) is 9.66. The second-order valence-corrected chi connectivity index (χ2v) is 23.2. The first-order valence-electron chi connectivity index (χ1n) is 29.5. The first-order chi connectivity index (χ1) is 38.6. The van der Waals surface area contributed by atoms with E-state index in [1.807, 2.05) is 27.7 Å². The lowest BCUT2D eigenvalue weighted by molar-refractivity contribution is -0.137. The van der Waals surface area contributed by atoms with Crippen LogP contribution in [0.25, 0.3) is 0 Å². The Kier molecular flexibility index (Phi) is 36.2. The van der Waals surface area contributed by atoms with Gasteiger partial charge in [-0.2, -0.15) is 0 Å². The Morgan fingerprint density at radius 2 is 1.06 bits per heavy atom. The van der Waals surface area contributed by atoms with Crippen LogP contribution in [-0.2, 0) is 52.7 Å². The third kappa shape index (κ3) is 28.2. The summed E-state index contributed by atoms with van der Waals surface area (Å²) < 4.78 is 0. The number of Topliss-reactive ketones (excluding diaryl/α,β-unsaturated/α-hetero) is 3. The van der Waals surface area contributed by atoms with E-state index in [0.29, 0.717) is 12.3 Å². The molecule has 1 aliphatic heterocycles. The Balaban J connectivity index is 3.81. The summed E-state index contributed by atoms with van der Waals surface area (Å²) in [7, 11) is 0. The molecular formula is C56H103N13O13. The number of hydrogen-bond donors (Lipinski definition) is 15. The quantitative estimate of drug-likeness (QED) is 0.0329. The zero-order chi connectivity index (χ0) is 62.2. The zero-order valence-corrected chi connectivity index (χ0v) is 50.0. The summed E-state index contributed by atoms with van der Waals surface area (Å²) in [6.45, 7) is 13.2. The van der Waals surface area contributed by atoms with E-state index in [1.165, 1.54) is 13.8 Å². The van der Waals surface area contributed by atoms with Crippen molar-refractivity contribution in [2.45, 2.75) is 213 Å². The number of carbonyl (C=O) groups is 11. The molecule has 1 saturated heterocycles. The molecule has 0 aromatic heterocycles. The highest BCUT2D eigenvalue weighted by Gasteiger charge is 2.38. The van der Waals surface area contributed by atoms with Gasteiger partial charge in [0, 0.05) is 50.0 Å². The molecule has 1 rings (SSSR count). The van der Waals surface area contributed by atoms with Crippen molar-refractivity contribution < 1.29 is 63.0 Å². The normalized spacial score (nSPS) is 23.3. The van der Waals surface area contributed by atoms with E-state index in [-0.39, 0.29) is 108 Å². The summed E-state index contributed by atoms with van der Waals surface area (Å²) in [5.74, 6) is -11.1. The van der Waals surface area contributed by atoms with Crippen LogP contribution in [0.5, 0.6) is 0 Å². The molecule has 12 atom stereocenters. The van der Waals surface area contributed by atoms with Gasteiger partial charge < -0.3 is 81.4 Å². The van der Waals surface area contributed by atoms with Crippen LogP contribution in [0.15, 0.2) is 0 Å². The van der Waals surface area contributed by atoms with Crippen molar-refractivity contribution in [2.75, 3.05) is 39.3 Å². The molecule has 0 unspecified atom stereocenters. The largest absolute Gasteiger partial charge is 0.391 e. The molecule has 1 aliphatic rings. The highest BCUT2D eigenvalue weighted by molar-refractivity contribution is 5.99. The van der Waals surface area contributed by atoms with Gasteiger partial charge in [-0.1, -0.05) is 60.8 Å². The molecule has 0 spiro atoms. The molecule has 0 radical (unpaired) electrons. The second-order valence-electron chi connectivity index (χ2n) is 23.2. The molecule has 0 saturated carbocycles. The number of unbranched alkanes of at least 4 members (excludes halogenated alkanes) is 2. The summed E-state index contributed by atoms with van der Waals surface area (Å²) in [5, 5.41) is 42.3. The minimum atomic E-state index is -1.66. The lowest BCUT2D eigenvalue weighted by Gasteiger charge is -2.28. The third-order valence-corrected chi connectivity index (χ3v) is 14.2. The van der Waals surface area contributed by atoms with Crippen LogP contribution < -0.4 is 71.2 Å². The van der Waals surface area contributed by atoms with Gasteiger partial charge in [0.05, 0.1) is 18.2 Å². The molecule has 26 heteroatoms. The molecule has 0 aliphatic carbocycles. The van der Waals surface area contributed by atoms with Crippen LogP contribution in [0.3, 0.4) is 0 Å². The fraction of sp³-hybridized carbons (Fsp3) is 0.804. The lowest BCUT2D eigenvalue weighted by Crippen LogP contribution is -2.60. The average Bonchev–Trinajstić information content (AvgIpc) is 3.38. The van der Waals surface area contributed by atoms with E-state index in [4.69, 9.17) is 28.7 Å². The van der Waals surface area contributed by atoms with Crippen molar-refractivity contribution in [3.05, 3.63) is 0 Å². The molecule has 0 bridgehead atoms. The van der Waals surface area contributed by atoms with E-state index in [2.05, 4.69) is 56.4 Å². The number of nitrogens with two attached hydrogens (primary N) is 5. The summed E-state index contributed by atoms with van der Waals surface area (Å²) in [5.41, 5.74) is 29.4. The van der Waals surface area contributed by atoms with Crippen molar-refractivity contribution in [3.8, 4) is 0 Å². The van der Waals surface area contributed by atoms with E-state index in [1.54, 1.807) is 0 Å². The predicted molar refractivity (Wildman–Crippen MR) is 309 cm³/mol. The molecule has 0 aromatic rings. The van der Waals surface area contributed by atoms with Gasteiger partial charge in [0.15, 0.2) is 11.6 Å². The van der Waals surface area contributed by atoms with Crippen molar-refractivity contribution in [2.24, 2.45) is 64.2 Å².